The second-order valence-electron chi connectivity index (χ2n) is 1.85. The van der Waals surface area contributed by atoms with E-state index in [9.17, 15) is 14.4 Å². The van der Waals surface area contributed by atoms with Crippen molar-refractivity contribution in [3.05, 3.63) is 30.3 Å². The van der Waals surface area contributed by atoms with Gasteiger partial charge in [0.1, 0.15) is 13.6 Å². The van der Waals surface area contributed by atoms with Crippen LogP contribution in [0, 0.1) is 0 Å². The Morgan fingerprint density at radius 1 is 1.17 bits per heavy atom. The first kappa shape index (κ1) is 12.7. The predicted molar refractivity (Wildman–Crippen MR) is 40.4 cm³/mol. The number of phosphoric acid groups is 1. The normalized spacial score (nSPS) is 10.2. The molecule has 0 aliphatic heterocycles. The van der Waals surface area contributed by atoms with E-state index in [2.05, 4.69) is 4.52 Å². The molecule has 0 aromatic heterocycles. The molecular formula is C6H5O4PSr. The molecular weight excluding hydrogens is 255 g/mol. The largest absolute Gasteiger partial charge is 2.00 e. The second kappa shape index (κ2) is 5.40. The van der Waals surface area contributed by atoms with Crippen molar-refractivity contribution >= 4 is 53.3 Å². The molecule has 0 fully saturated rings. The summed E-state index contributed by atoms with van der Waals surface area (Å²) in [6.07, 6.45) is 0. The van der Waals surface area contributed by atoms with Crippen LogP contribution < -0.4 is 14.3 Å². The van der Waals surface area contributed by atoms with Crippen LogP contribution in [0.1, 0.15) is 0 Å². The molecule has 1 aromatic rings. The van der Waals surface area contributed by atoms with Gasteiger partial charge in [0.25, 0.3) is 0 Å². The van der Waals surface area contributed by atoms with E-state index in [1.54, 1.807) is 18.2 Å². The van der Waals surface area contributed by atoms with Crippen molar-refractivity contribution in [3.63, 3.8) is 0 Å². The van der Waals surface area contributed by atoms with Crippen LogP contribution in [0.2, 0.25) is 0 Å². The first-order valence-electron chi connectivity index (χ1n) is 2.85. The third-order valence-corrected chi connectivity index (χ3v) is 1.39. The zero-order chi connectivity index (χ0) is 8.32. The van der Waals surface area contributed by atoms with Crippen molar-refractivity contribution in [2.75, 3.05) is 0 Å². The molecule has 6 heteroatoms. The van der Waals surface area contributed by atoms with Gasteiger partial charge in [-0.05, 0) is 12.1 Å². The summed E-state index contributed by atoms with van der Waals surface area (Å²) in [7, 11) is -4.89. The van der Waals surface area contributed by atoms with Crippen molar-refractivity contribution in [2.24, 2.45) is 0 Å². The quantitative estimate of drug-likeness (QED) is 0.531. The number of hydrogen-bond donors (Lipinski definition) is 0. The summed E-state index contributed by atoms with van der Waals surface area (Å²) < 4.78 is 14.1. The van der Waals surface area contributed by atoms with Gasteiger partial charge in [-0.2, -0.15) is 0 Å². The molecule has 0 bridgehead atoms. The maximum atomic E-state index is 10.1. The Balaban J connectivity index is 0.00000121. The summed E-state index contributed by atoms with van der Waals surface area (Å²) >= 11 is 0. The van der Waals surface area contributed by atoms with E-state index < -0.39 is 7.82 Å². The smallest absolute Gasteiger partial charge is 0.780 e. The fourth-order valence-corrected chi connectivity index (χ4v) is 0.990. The van der Waals surface area contributed by atoms with Gasteiger partial charge in [0, 0.05) is 0 Å². The van der Waals surface area contributed by atoms with Crippen molar-refractivity contribution in [2.45, 2.75) is 0 Å². The minimum atomic E-state index is -4.89. The van der Waals surface area contributed by atoms with Crippen LogP contribution in [-0.2, 0) is 4.57 Å². The molecule has 1 aromatic carbocycles. The molecule has 12 heavy (non-hydrogen) atoms. The van der Waals surface area contributed by atoms with E-state index in [0.29, 0.717) is 0 Å². The molecule has 0 unspecified atom stereocenters. The fraction of sp³-hybridized carbons (Fsp3) is 0. The first-order valence-corrected chi connectivity index (χ1v) is 4.31. The van der Waals surface area contributed by atoms with Crippen LogP contribution in [0.5, 0.6) is 5.75 Å². The summed E-state index contributed by atoms with van der Waals surface area (Å²) in [5.74, 6) is 0.0424. The van der Waals surface area contributed by atoms with Crippen LogP contribution in [0.4, 0.5) is 0 Å². The number of para-hydroxylation sites is 1. The van der Waals surface area contributed by atoms with Gasteiger partial charge < -0.3 is 18.9 Å². The first-order chi connectivity index (χ1) is 5.08. The minimum absolute atomic E-state index is 0. The molecule has 0 atom stereocenters. The molecule has 0 spiro atoms. The molecule has 0 radical (unpaired) electrons. The Kier molecular flexibility index (Phi) is 5.69. The summed E-state index contributed by atoms with van der Waals surface area (Å²) in [5, 5.41) is 0. The monoisotopic (exact) mass is 260 g/mol. The van der Waals surface area contributed by atoms with Gasteiger partial charge in [-0.3, -0.25) is 0 Å². The maximum absolute atomic E-state index is 10.1. The number of rotatable bonds is 2. The zero-order valence-corrected chi connectivity index (χ0v) is 10.5. The van der Waals surface area contributed by atoms with Gasteiger partial charge in [0.2, 0.25) is 0 Å². The Morgan fingerprint density at radius 3 is 2.08 bits per heavy atom. The van der Waals surface area contributed by atoms with Gasteiger partial charge >= 0.3 is 45.5 Å². The van der Waals surface area contributed by atoms with Gasteiger partial charge in [-0.1, -0.05) is 18.2 Å². The molecule has 4 nitrogen and oxygen atoms in total. The van der Waals surface area contributed by atoms with Crippen molar-refractivity contribution < 1.29 is 18.9 Å². The fourth-order valence-electron chi connectivity index (χ4n) is 0.610. The Morgan fingerprint density at radius 2 is 1.67 bits per heavy atom. The molecule has 0 heterocycles. The van der Waals surface area contributed by atoms with Crippen LogP contribution in [0.3, 0.4) is 0 Å². The third kappa shape index (κ3) is 5.32. The van der Waals surface area contributed by atoms with Crippen LogP contribution in [0.25, 0.3) is 0 Å². The van der Waals surface area contributed by atoms with Gasteiger partial charge in [-0.25, -0.2) is 0 Å². The van der Waals surface area contributed by atoms with E-state index in [1.165, 1.54) is 12.1 Å². The van der Waals surface area contributed by atoms with Crippen LogP contribution in [-0.4, -0.2) is 45.5 Å². The molecule has 0 saturated heterocycles. The van der Waals surface area contributed by atoms with Crippen LogP contribution >= 0.6 is 7.82 Å². The Hall–Kier alpha value is 0.651. The van der Waals surface area contributed by atoms with Crippen molar-refractivity contribution in [1.29, 1.82) is 0 Å². The van der Waals surface area contributed by atoms with Gasteiger partial charge in [-0.15, -0.1) is 0 Å². The Bertz CT molecular complexity index is 270. The molecule has 0 aliphatic carbocycles. The molecule has 0 aliphatic rings. The molecule has 60 valence electrons. The van der Waals surface area contributed by atoms with Gasteiger partial charge in [0.05, 0.1) is 0 Å². The second-order valence-corrected chi connectivity index (χ2v) is 2.93. The molecule has 0 N–H and O–H groups in total. The third-order valence-electron chi connectivity index (χ3n) is 0.960. The SMILES string of the molecule is O=P([O-])([O-])Oc1ccccc1.[Sr+2]. The zero-order valence-electron chi connectivity index (χ0n) is 6.17. The number of hydrogen-bond acceptors (Lipinski definition) is 4. The average Bonchev–Trinajstić information content (AvgIpc) is 1.85. The number of benzene rings is 1. The van der Waals surface area contributed by atoms with Crippen molar-refractivity contribution in [3.8, 4) is 5.75 Å². The Labute approximate surface area is 107 Å². The maximum Gasteiger partial charge on any atom is 2.00 e. The molecule has 0 amide bonds. The van der Waals surface area contributed by atoms with Crippen LogP contribution in [0.15, 0.2) is 30.3 Å². The topological polar surface area (TPSA) is 72.4 Å². The van der Waals surface area contributed by atoms with E-state index in [-0.39, 0.29) is 51.2 Å². The summed E-state index contributed by atoms with van der Waals surface area (Å²) in [6, 6.07) is 7.62. The standard InChI is InChI=1S/C6H7O4P.Sr/c7-11(8,9)10-6-4-2-1-3-5-6;/h1-5H,(H2,7,8,9);/q;+2/p-2. The van der Waals surface area contributed by atoms with E-state index in [0.717, 1.165) is 0 Å². The molecule has 0 saturated carbocycles. The summed E-state index contributed by atoms with van der Waals surface area (Å²) in [4.78, 5) is 20.1. The minimum Gasteiger partial charge on any atom is -0.780 e. The van der Waals surface area contributed by atoms with E-state index >= 15 is 0 Å². The number of phosphoric ester groups is 1. The summed E-state index contributed by atoms with van der Waals surface area (Å²) in [5.41, 5.74) is 0. The van der Waals surface area contributed by atoms with Crippen molar-refractivity contribution in [1.82, 2.24) is 0 Å². The predicted octanol–water partition coefficient (Wildman–Crippen LogP) is -0.487. The van der Waals surface area contributed by atoms with E-state index in [1.807, 2.05) is 0 Å². The molecule has 1 rings (SSSR count). The average molecular weight is 260 g/mol. The van der Waals surface area contributed by atoms with E-state index in [4.69, 9.17) is 0 Å². The summed E-state index contributed by atoms with van der Waals surface area (Å²) in [6.45, 7) is 0. The van der Waals surface area contributed by atoms with Gasteiger partial charge in [0.15, 0.2) is 0 Å².